The molecule has 4 aromatic rings. The van der Waals surface area contributed by atoms with Gasteiger partial charge in [-0.3, -0.25) is 9.59 Å². The molecular formula is C31H38N10O4. The number of hydrogen-bond donors (Lipinski definition) is 4. The summed E-state index contributed by atoms with van der Waals surface area (Å²) in [4.78, 5) is 55.3. The van der Waals surface area contributed by atoms with Crippen molar-refractivity contribution in [2.75, 3.05) is 22.9 Å². The van der Waals surface area contributed by atoms with Gasteiger partial charge in [-0.25, -0.2) is 24.7 Å². The van der Waals surface area contributed by atoms with Crippen molar-refractivity contribution in [3.05, 3.63) is 97.6 Å². The lowest BCUT2D eigenvalue weighted by molar-refractivity contribution is -0.120. The molecule has 236 valence electrons. The molecule has 2 aromatic carbocycles. The van der Waals surface area contributed by atoms with Gasteiger partial charge in [-0.1, -0.05) is 36.4 Å². The van der Waals surface area contributed by atoms with Crippen molar-refractivity contribution < 1.29 is 19.1 Å². The van der Waals surface area contributed by atoms with Crippen LogP contribution in [0.2, 0.25) is 0 Å². The van der Waals surface area contributed by atoms with E-state index in [1.807, 2.05) is 60.7 Å². The van der Waals surface area contributed by atoms with E-state index in [1.54, 1.807) is 67.5 Å². The van der Waals surface area contributed by atoms with E-state index in [4.69, 9.17) is 21.9 Å². The molecule has 2 heterocycles. The largest absolute Gasteiger partial charge is 0.444 e. The molecule has 2 aromatic heterocycles. The fourth-order valence-electron chi connectivity index (χ4n) is 3.81. The minimum Gasteiger partial charge on any atom is -0.444 e. The number of alkyl carbamates (subject to hydrolysis) is 1. The molecule has 0 spiro atoms. The van der Waals surface area contributed by atoms with Gasteiger partial charge in [0.2, 0.25) is 23.7 Å². The van der Waals surface area contributed by atoms with E-state index in [0.717, 1.165) is 11.4 Å². The zero-order valence-electron chi connectivity index (χ0n) is 25.4. The second-order valence-corrected chi connectivity index (χ2v) is 10.6. The molecule has 45 heavy (non-hydrogen) atoms. The third-order valence-electron chi connectivity index (χ3n) is 5.87. The maximum absolute atomic E-state index is 12.0. The maximum Gasteiger partial charge on any atom is 0.408 e. The number of amides is 3. The maximum atomic E-state index is 12.0. The number of benzene rings is 2. The molecular weight excluding hydrogens is 576 g/mol. The van der Waals surface area contributed by atoms with Gasteiger partial charge in [-0.15, -0.1) is 0 Å². The van der Waals surface area contributed by atoms with Crippen molar-refractivity contribution in [1.82, 2.24) is 25.3 Å². The molecule has 7 N–H and O–H groups in total. The summed E-state index contributed by atoms with van der Waals surface area (Å²) < 4.78 is 5.20. The Balaban J connectivity index is 0.000000257. The third-order valence-corrected chi connectivity index (χ3v) is 5.87. The number of rotatable bonds is 11. The second-order valence-electron chi connectivity index (χ2n) is 10.6. The molecule has 14 nitrogen and oxygen atoms in total. The van der Waals surface area contributed by atoms with Crippen molar-refractivity contribution in [3.8, 4) is 0 Å². The van der Waals surface area contributed by atoms with Crippen molar-refractivity contribution in [2.45, 2.75) is 38.5 Å². The monoisotopic (exact) mass is 614 g/mol. The molecule has 4 rings (SSSR count). The van der Waals surface area contributed by atoms with Crippen LogP contribution in [0.25, 0.3) is 0 Å². The summed E-state index contributed by atoms with van der Waals surface area (Å²) >= 11 is 0. The third kappa shape index (κ3) is 11.2. The van der Waals surface area contributed by atoms with Gasteiger partial charge < -0.3 is 37.1 Å². The van der Waals surface area contributed by atoms with Crippen LogP contribution in [-0.4, -0.2) is 68.6 Å². The number of aromatic nitrogens is 4. The SMILES string of the molecule is CC(C)(C)OC(=O)N[C@@H](CN(c1ccccc1)c1ncccn1)C(N)=O.NC(=O)[C@@H](N)CN(c1ccccc1)c1ncccn1. The highest BCUT2D eigenvalue weighted by molar-refractivity contribution is 5.85. The summed E-state index contributed by atoms with van der Waals surface area (Å²) in [7, 11) is 0. The number of para-hydroxylation sites is 2. The number of nitrogens with one attached hydrogen (secondary N) is 1. The molecule has 0 bridgehead atoms. The molecule has 2 atom stereocenters. The van der Waals surface area contributed by atoms with E-state index >= 15 is 0 Å². The van der Waals surface area contributed by atoms with Crippen LogP contribution in [0.4, 0.5) is 28.1 Å². The fourth-order valence-corrected chi connectivity index (χ4v) is 3.81. The summed E-state index contributed by atoms with van der Waals surface area (Å²) in [6, 6.07) is 20.4. The number of nitrogens with zero attached hydrogens (tertiary/aromatic N) is 6. The quantitative estimate of drug-likeness (QED) is 0.193. The summed E-state index contributed by atoms with van der Waals surface area (Å²) in [6.45, 7) is 5.49. The van der Waals surface area contributed by atoms with Gasteiger partial charge in [-0.05, 0) is 57.2 Å². The minimum atomic E-state index is -0.992. The topological polar surface area (TPSA) is 209 Å². The first-order valence-corrected chi connectivity index (χ1v) is 14.0. The van der Waals surface area contributed by atoms with Crippen LogP contribution in [0.1, 0.15) is 20.8 Å². The van der Waals surface area contributed by atoms with Crippen LogP contribution in [0, 0.1) is 0 Å². The van der Waals surface area contributed by atoms with Crippen LogP contribution in [0.5, 0.6) is 0 Å². The number of carbonyl (C=O) groups excluding carboxylic acids is 3. The smallest absolute Gasteiger partial charge is 0.408 e. The summed E-state index contributed by atoms with van der Waals surface area (Å²) in [6.07, 6.45) is 5.74. The van der Waals surface area contributed by atoms with Gasteiger partial charge in [0, 0.05) is 36.2 Å². The highest BCUT2D eigenvalue weighted by atomic mass is 16.6. The zero-order chi connectivity index (χ0) is 32.8. The molecule has 0 saturated carbocycles. The van der Waals surface area contributed by atoms with Crippen molar-refractivity contribution in [2.24, 2.45) is 17.2 Å². The number of nitrogens with two attached hydrogens (primary N) is 3. The van der Waals surface area contributed by atoms with Crippen LogP contribution in [0.15, 0.2) is 97.6 Å². The molecule has 0 unspecified atom stereocenters. The number of ether oxygens (including phenoxy) is 1. The standard InChI is InChI=1S/C18H23N5O3.C13H15N5O/c1-18(2,3)26-17(25)22-14(15(19)24)12-23(13-8-5-4-6-9-13)16-20-10-7-11-21-16;14-11(12(15)19)9-18(10-5-2-1-3-6-10)13-16-7-4-8-17-13/h4-11,14H,12H2,1-3H3,(H2,19,24)(H,22,25);1-8,11H,9,14H2,(H2,15,19)/t14-;11-/m00/s1. The fraction of sp³-hybridized carbons (Fsp3) is 0.258. The van der Waals surface area contributed by atoms with Crippen LogP contribution in [-0.2, 0) is 14.3 Å². The first-order chi connectivity index (χ1) is 21.4. The summed E-state index contributed by atoms with van der Waals surface area (Å²) in [5, 5.41) is 2.51. The van der Waals surface area contributed by atoms with Gasteiger partial charge >= 0.3 is 6.09 Å². The van der Waals surface area contributed by atoms with E-state index in [9.17, 15) is 14.4 Å². The molecule has 0 saturated heterocycles. The first kappa shape index (κ1) is 33.9. The van der Waals surface area contributed by atoms with Gasteiger partial charge in [0.1, 0.15) is 17.7 Å². The lowest BCUT2D eigenvalue weighted by atomic mass is 10.2. The van der Waals surface area contributed by atoms with Gasteiger partial charge in [0.15, 0.2) is 0 Å². The average Bonchev–Trinajstić information content (AvgIpc) is 3.02. The molecule has 0 aliphatic heterocycles. The van der Waals surface area contributed by atoms with Crippen molar-refractivity contribution in [1.29, 1.82) is 0 Å². The molecule has 14 heteroatoms. The normalized spacial score (nSPS) is 12.0. The Labute approximate surface area is 261 Å². The predicted octanol–water partition coefficient (Wildman–Crippen LogP) is 2.42. The highest BCUT2D eigenvalue weighted by Gasteiger charge is 2.26. The number of hydrogen-bond acceptors (Lipinski definition) is 11. The van der Waals surface area contributed by atoms with Crippen LogP contribution in [0.3, 0.4) is 0 Å². The van der Waals surface area contributed by atoms with Crippen molar-refractivity contribution in [3.63, 3.8) is 0 Å². The van der Waals surface area contributed by atoms with E-state index in [0.29, 0.717) is 11.9 Å². The Kier molecular flexibility index (Phi) is 12.3. The zero-order valence-corrected chi connectivity index (χ0v) is 25.4. The molecule has 3 amide bonds. The van der Waals surface area contributed by atoms with Crippen LogP contribution < -0.4 is 32.3 Å². The number of primary amides is 2. The molecule has 0 radical (unpaired) electrons. The number of anilines is 4. The van der Waals surface area contributed by atoms with Gasteiger partial charge in [0.25, 0.3) is 0 Å². The van der Waals surface area contributed by atoms with Crippen LogP contribution >= 0.6 is 0 Å². The highest BCUT2D eigenvalue weighted by Crippen LogP contribution is 2.22. The predicted molar refractivity (Wildman–Crippen MR) is 170 cm³/mol. The molecule has 0 aliphatic rings. The number of carbonyl (C=O) groups is 3. The Morgan fingerprint density at radius 2 is 1.13 bits per heavy atom. The lowest BCUT2D eigenvalue weighted by Gasteiger charge is -2.27. The van der Waals surface area contributed by atoms with E-state index in [2.05, 4.69) is 25.3 Å². The minimum absolute atomic E-state index is 0.0581. The van der Waals surface area contributed by atoms with E-state index in [1.165, 1.54) is 0 Å². The van der Waals surface area contributed by atoms with E-state index in [-0.39, 0.29) is 13.1 Å². The Morgan fingerprint density at radius 1 is 0.711 bits per heavy atom. The lowest BCUT2D eigenvalue weighted by Crippen LogP contribution is -2.51. The Morgan fingerprint density at radius 3 is 1.51 bits per heavy atom. The molecule has 0 fully saturated rings. The Bertz CT molecular complexity index is 1410. The average molecular weight is 615 g/mol. The van der Waals surface area contributed by atoms with Crippen molar-refractivity contribution >= 4 is 41.2 Å². The molecule has 0 aliphatic carbocycles. The van der Waals surface area contributed by atoms with E-state index < -0.39 is 35.6 Å². The Hall–Kier alpha value is -5.63. The first-order valence-electron chi connectivity index (χ1n) is 14.0. The van der Waals surface area contributed by atoms with Gasteiger partial charge in [0.05, 0.1) is 13.1 Å². The summed E-state index contributed by atoms with van der Waals surface area (Å²) in [5.41, 5.74) is 17.3. The van der Waals surface area contributed by atoms with Gasteiger partial charge in [-0.2, -0.15) is 0 Å². The second kappa shape index (κ2) is 16.3. The summed E-state index contributed by atoms with van der Waals surface area (Å²) in [5.74, 6) is -0.383.